The van der Waals surface area contributed by atoms with Crippen LogP contribution in [0.15, 0.2) is 0 Å². The van der Waals surface area contributed by atoms with Gasteiger partial charge in [-0.3, -0.25) is 0 Å². The highest BCUT2D eigenvalue weighted by molar-refractivity contribution is 5.65. The first-order valence-electron chi connectivity index (χ1n) is 5.05. The van der Waals surface area contributed by atoms with E-state index < -0.39 is 17.9 Å². The highest BCUT2D eigenvalue weighted by Gasteiger charge is 2.45. The second kappa shape index (κ2) is 3.96. The third-order valence-electron chi connectivity index (χ3n) is 2.99. The Labute approximate surface area is 87.4 Å². The van der Waals surface area contributed by atoms with Crippen molar-refractivity contribution in [2.45, 2.75) is 24.7 Å². The van der Waals surface area contributed by atoms with Crippen molar-refractivity contribution in [1.82, 2.24) is 4.90 Å². The van der Waals surface area contributed by atoms with Crippen molar-refractivity contribution in [2.75, 3.05) is 26.4 Å². The van der Waals surface area contributed by atoms with E-state index in [4.69, 9.17) is 19.7 Å². The molecule has 0 bridgehead atoms. The third-order valence-corrected chi connectivity index (χ3v) is 2.99. The van der Waals surface area contributed by atoms with Gasteiger partial charge in [-0.1, -0.05) is 0 Å². The molecule has 2 N–H and O–H groups in total. The molecule has 2 saturated heterocycles. The number of hydrogen-bond acceptors (Lipinski definition) is 4. The zero-order valence-electron chi connectivity index (χ0n) is 8.39. The van der Waals surface area contributed by atoms with Crippen LogP contribution in [0.5, 0.6) is 0 Å². The van der Waals surface area contributed by atoms with Crippen molar-refractivity contribution < 1.29 is 24.5 Å². The maximum Gasteiger partial charge on any atom is 0.407 e. The number of aliphatic hydroxyl groups excluding tert-OH is 1. The molecular weight excluding hydrogens is 202 g/mol. The fourth-order valence-electron chi connectivity index (χ4n) is 2.22. The molecule has 2 aliphatic heterocycles. The summed E-state index contributed by atoms with van der Waals surface area (Å²) in [7, 11) is 0. The fourth-order valence-corrected chi connectivity index (χ4v) is 2.22. The Kier molecular flexibility index (Phi) is 2.81. The van der Waals surface area contributed by atoms with Gasteiger partial charge in [-0.15, -0.1) is 0 Å². The third kappa shape index (κ3) is 1.92. The molecule has 2 heterocycles. The molecule has 6 heteroatoms. The molecule has 0 radical (unpaired) electrons. The van der Waals surface area contributed by atoms with Crippen LogP contribution in [-0.4, -0.2) is 59.4 Å². The van der Waals surface area contributed by atoms with Crippen molar-refractivity contribution in [3.63, 3.8) is 0 Å². The number of likely N-dealkylation sites (tertiary alicyclic amines) is 1. The fraction of sp³-hybridized carbons (Fsp3) is 0.889. The molecule has 0 aromatic heterocycles. The Hall–Kier alpha value is -0.850. The molecule has 15 heavy (non-hydrogen) atoms. The molecule has 2 fully saturated rings. The van der Waals surface area contributed by atoms with Gasteiger partial charge in [0.05, 0.1) is 25.9 Å². The molecule has 2 rings (SSSR count). The van der Waals surface area contributed by atoms with Gasteiger partial charge >= 0.3 is 6.09 Å². The van der Waals surface area contributed by atoms with E-state index in [1.54, 1.807) is 0 Å². The van der Waals surface area contributed by atoms with Gasteiger partial charge in [0.25, 0.3) is 0 Å². The predicted octanol–water partition coefficient (Wildman–Crippen LogP) is -0.136. The molecule has 1 amide bonds. The second-order valence-electron chi connectivity index (χ2n) is 3.87. The summed E-state index contributed by atoms with van der Waals surface area (Å²) >= 11 is 0. The summed E-state index contributed by atoms with van der Waals surface area (Å²) < 4.78 is 11.0. The van der Waals surface area contributed by atoms with Crippen molar-refractivity contribution in [2.24, 2.45) is 0 Å². The lowest BCUT2D eigenvalue weighted by atomic mass is 9.97. The number of rotatable bonds is 1. The minimum Gasteiger partial charge on any atom is -0.465 e. The number of carboxylic acid groups (broad SMARTS) is 1. The van der Waals surface area contributed by atoms with E-state index >= 15 is 0 Å². The lowest BCUT2D eigenvalue weighted by Crippen LogP contribution is -2.54. The monoisotopic (exact) mass is 217 g/mol. The first-order chi connectivity index (χ1) is 7.17. The van der Waals surface area contributed by atoms with Gasteiger partial charge in [0.1, 0.15) is 0 Å². The average molecular weight is 217 g/mol. The van der Waals surface area contributed by atoms with Crippen LogP contribution in [0.1, 0.15) is 12.8 Å². The highest BCUT2D eigenvalue weighted by atomic mass is 16.7. The zero-order chi connectivity index (χ0) is 10.9. The van der Waals surface area contributed by atoms with Crippen molar-refractivity contribution in [1.29, 1.82) is 0 Å². The quantitative estimate of drug-likeness (QED) is 0.639. The van der Waals surface area contributed by atoms with Crippen molar-refractivity contribution in [3.05, 3.63) is 0 Å². The van der Waals surface area contributed by atoms with Gasteiger partial charge in [-0.2, -0.15) is 0 Å². The van der Waals surface area contributed by atoms with Crippen molar-refractivity contribution in [3.8, 4) is 0 Å². The second-order valence-corrected chi connectivity index (χ2v) is 3.87. The van der Waals surface area contributed by atoms with E-state index in [0.29, 0.717) is 32.6 Å². The standard InChI is InChI=1S/C9H15NO5/c11-6-7-5-9(14-3-4-15-9)1-2-10(7)8(12)13/h7,11H,1-6H2,(H,12,13). The highest BCUT2D eigenvalue weighted by Crippen LogP contribution is 2.34. The van der Waals surface area contributed by atoms with Crippen LogP contribution in [0.25, 0.3) is 0 Å². The van der Waals surface area contributed by atoms with E-state index in [1.807, 2.05) is 0 Å². The van der Waals surface area contributed by atoms with Gasteiger partial charge in [-0.25, -0.2) is 4.79 Å². The summed E-state index contributed by atoms with van der Waals surface area (Å²) in [4.78, 5) is 12.1. The summed E-state index contributed by atoms with van der Waals surface area (Å²) in [6.07, 6.45) is -0.0482. The Morgan fingerprint density at radius 2 is 2.13 bits per heavy atom. The lowest BCUT2D eigenvalue weighted by Gasteiger charge is -2.41. The van der Waals surface area contributed by atoms with E-state index in [0.717, 1.165) is 0 Å². The first-order valence-corrected chi connectivity index (χ1v) is 5.05. The molecule has 0 saturated carbocycles. The number of piperidine rings is 1. The van der Waals surface area contributed by atoms with Gasteiger partial charge in [-0.05, 0) is 0 Å². The number of ether oxygens (including phenoxy) is 2. The molecule has 6 nitrogen and oxygen atoms in total. The molecule has 1 unspecified atom stereocenters. The maximum absolute atomic E-state index is 10.9. The number of aliphatic hydroxyl groups is 1. The molecule has 1 atom stereocenters. The molecule has 86 valence electrons. The van der Waals surface area contributed by atoms with Crippen LogP contribution < -0.4 is 0 Å². The molecule has 0 aliphatic carbocycles. The van der Waals surface area contributed by atoms with Crippen LogP contribution >= 0.6 is 0 Å². The van der Waals surface area contributed by atoms with Crippen molar-refractivity contribution >= 4 is 6.09 Å². The van der Waals surface area contributed by atoms with Crippen LogP contribution in [0.2, 0.25) is 0 Å². The number of hydrogen-bond donors (Lipinski definition) is 2. The topological polar surface area (TPSA) is 79.2 Å². The molecular formula is C9H15NO5. The number of amides is 1. The van der Waals surface area contributed by atoms with Crippen LogP contribution in [0.3, 0.4) is 0 Å². The molecule has 2 aliphatic rings. The SMILES string of the molecule is O=C(O)N1CCC2(CC1CO)OCCO2. The van der Waals surface area contributed by atoms with E-state index in [1.165, 1.54) is 4.90 Å². The van der Waals surface area contributed by atoms with Gasteiger partial charge < -0.3 is 24.6 Å². The smallest absolute Gasteiger partial charge is 0.407 e. The van der Waals surface area contributed by atoms with Gasteiger partial charge in [0.2, 0.25) is 0 Å². The largest absolute Gasteiger partial charge is 0.465 e. The van der Waals surface area contributed by atoms with Gasteiger partial charge in [0, 0.05) is 19.4 Å². The minimum atomic E-state index is -0.998. The molecule has 0 aromatic carbocycles. The summed E-state index contributed by atoms with van der Waals surface area (Å²) in [5.41, 5.74) is 0. The van der Waals surface area contributed by atoms with Gasteiger partial charge in [0.15, 0.2) is 5.79 Å². The Bertz CT molecular complexity index is 251. The first kappa shape index (κ1) is 10.7. The Morgan fingerprint density at radius 3 is 2.67 bits per heavy atom. The van der Waals surface area contributed by atoms with E-state index in [9.17, 15) is 4.79 Å². The number of nitrogens with zero attached hydrogens (tertiary/aromatic N) is 1. The lowest BCUT2D eigenvalue weighted by molar-refractivity contribution is -0.195. The average Bonchev–Trinajstić information content (AvgIpc) is 2.66. The normalized spacial score (nSPS) is 29.7. The molecule has 0 aromatic rings. The van der Waals surface area contributed by atoms with Crippen LogP contribution in [0, 0.1) is 0 Å². The summed E-state index contributed by atoms with van der Waals surface area (Å²) in [6, 6.07) is -0.422. The van der Waals surface area contributed by atoms with E-state index in [2.05, 4.69) is 0 Å². The van der Waals surface area contributed by atoms with E-state index in [-0.39, 0.29) is 6.61 Å². The van der Waals surface area contributed by atoms with Crippen LogP contribution in [-0.2, 0) is 9.47 Å². The minimum absolute atomic E-state index is 0.194. The summed E-state index contributed by atoms with van der Waals surface area (Å²) in [5.74, 6) is -0.653. The Balaban J connectivity index is 2.05. The Morgan fingerprint density at radius 1 is 1.47 bits per heavy atom. The maximum atomic E-state index is 10.9. The predicted molar refractivity (Wildman–Crippen MR) is 49.5 cm³/mol. The number of carbonyl (C=O) groups is 1. The molecule has 1 spiro atoms. The summed E-state index contributed by atoms with van der Waals surface area (Å²) in [5, 5.41) is 18.0. The van der Waals surface area contributed by atoms with Crippen LogP contribution in [0.4, 0.5) is 4.79 Å². The zero-order valence-corrected chi connectivity index (χ0v) is 8.39. The summed E-state index contributed by atoms with van der Waals surface area (Å²) in [6.45, 7) is 1.25.